The molecule has 0 radical (unpaired) electrons. The number of benzene rings is 1. The van der Waals surface area contributed by atoms with Crippen LogP contribution in [0.3, 0.4) is 0 Å². The van der Waals surface area contributed by atoms with E-state index in [0.29, 0.717) is 19.3 Å². The van der Waals surface area contributed by atoms with E-state index in [9.17, 15) is 9.59 Å². The molecule has 0 heterocycles. The molecule has 1 saturated carbocycles. The van der Waals surface area contributed by atoms with E-state index in [2.05, 4.69) is 10.6 Å². The van der Waals surface area contributed by atoms with Crippen molar-refractivity contribution >= 4 is 11.9 Å². The summed E-state index contributed by atoms with van der Waals surface area (Å²) < 4.78 is 0. The number of amides is 1. The van der Waals surface area contributed by atoms with Gasteiger partial charge in [0, 0.05) is 6.04 Å². The minimum Gasteiger partial charge on any atom is -0.481 e. The molecule has 5 heteroatoms. The SMILES string of the molecule is CNC(Cc1ccccc1)C(=O)NC1CCCC(C(=O)O)C1. The first-order valence-corrected chi connectivity index (χ1v) is 7.84. The van der Waals surface area contributed by atoms with Crippen molar-refractivity contribution in [2.24, 2.45) is 5.92 Å². The van der Waals surface area contributed by atoms with Gasteiger partial charge in [0.1, 0.15) is 0 Å². The van der Waals surface area contributed by atoms with Crippen LogP contribution in [0.15, 0.2) is 30.3 Å². The lowest BCUT2D eigenvalue weighted by Gasteiger charge is -2.29. The fourth-order valence-corrected chi connectivity index (χ4v) is 3.02. The summed E-state index contributed by atoms with van der Waals surface area (Å²) in [4.78, 5) is 23.5. The van der Waals surface area contributed by atoms with Crippen LogP contribution >= 0.6 is 0 Å². The summed E-state index contributed by atoms with van der Waals surface area (Å²) in [5, 5.41) is 15.2. The van der Waals surface area contributed by atoms with Crippen molar-refractivity contribution in [2.45, 2.75) is 44.2 Å². The average molecular weight is 304 g/mol. The number of rotatable bonds is 6. The number of carbonyl (C=O) groups is 2. The molecule has 1 aliphatic carbocycles. The molecule has 22 heavy (non-hydrogen) atoms. The van der Waals surface area contributed by atoms with Crippen molar-refractivity contribution in [1.29, 1.82) is 0 Å². The van der Waals surface area contributed by atoms with Gasteiger partial charge in [0.25, 0.3) is 0 Å². The Balaban J connectivity index is 1.90. The number of carbonyl (C=O) groups excluding carboxylic acids is 1. The molecule has 5 nitrogen and oxygen atoms in total. The van der Waals surface area contributed by atoms with Crippen LogP contribution in [-0.4, -0.2) is 36.1 Å². The minimum atomic E-state index is -0.756. The van der Waals surface area contributed by atoms with Crippen LogP contribution in [0, 0.1) is 5.92 Å². The second kappa shape index (κ2) is 7.94. The minimum absolute atomic E-state index is 0.0334. The van der Waals surface area contributed by atoms with E-state index < -0.39 is 5.97 Å². The lowest BCUT2D eigenvalue weighted by molar-refractivity contribution is -0.143. The maximum Gasteiger partial charge on any atom is 0.306 e. The molecule has 0 saturated heterocycles. The number of hydrogen-bond acceptors (Lipinski definition) is 3. The van der Waals surface area contributed by atoms with Gasteiger partial charge in [-0.2, -0.15) is 0 Å². The number of carboxylic acids is 1. The summed E-state index contributed by atoms with van der Waals surface area (Å²) in [6.45, 7) is 0. The number of carboxylic acid groups (broad SMARTS) is 1. The average Bonchev–Trinajstić information content (AvgIpc) is 2.53. The Morgan fingerprint density at radius 1 is 1.27 bits per heavy atom. The van der Waals surface area contributed by atoms with E-state index in [1.165, 1.54) is 0 Å². The van der Waals surface area contributed by atoms with Gasteiger partial charge in [-0.15, -0.1) is 0 Å². The van der Waals surface area contributed by atoms with Gasteiger partial charge in [-0.1, -0.05) is 36.8 Å². The van der Waals surface area contributed by atoms with Gasteiger partial charge in [-0.3, -0.25) is 9.59 Å². The third-order valence-corrected chi connectivity index (χ3v) is 4.32. The second-order valence-electron chi connectivity index (χ2n) is 5.94. The van der Waals surface area contributed by atoms with Crippen LogP contribution in [0.2, 0.25) is 0 Å². The van der Waals surface area contributed by atoms with E-state index in [1.54, 1.807) is 7.05 Å². The predicted molar refractivity (Wildman–Crippen MR) is 84.5 cm³/mol. The zero-order valence-corrected chi connectivity index (χ0v) is 12.9. The van der Waals surface area contributed by atoms with Crippen molar-refractivity contribution in [1.82, 2.24) is 10.6 Å². The van der Waals surface area contributed by atoms with Crippen LogP contribution in [0.5, 0.6) is 0 Å². The Labute approximate surface area is 131 Å². The Morgan fingerprint density at radius 3 is 2.64 bits per heavy atom. The van der Waals surface area contributed by atoms with E-state index in [1.807, 2.05) is 30.3 Å². The fourth-order valence-electron chi connectivity index (χ4n) is 3.02. The molecule has 1 aromatic rings. The number of hydrogen-bond donors (Lipinski definition) is 3. The lowest BCUT2D eigenvalue weighted by Crippen LogP contribution is -2.49. The summed E-state index contributed by atoms with van der Waals surface area (Å²) in [6.07, 6.45) is 3.57. The van der Waals surface area contributed by atoms with Crippen molar-refractivity contribution < 1.29 is 14.7 Å². The Bertz CT molecular complexity index is 504. The molecule has 2 rings (SSSR count). The molecule has 1 aliphatic rings. The highest BCUT2D eigenvalue weighted by Crippen LogP contribution is 2.24. The molecular formula is C17H24N2O3. The predicted octanol–water partition coefficient (Wildman–Crippen LogP) is 1.58. The normalized spacial score (nSPS) is 22.8. The number of aliphatic carboxylic acids is 1. The third-order valence-electron chi connectivity index (χ3n) is 4.32. The number of nitrogens with one attached hydrogen (secondary N) is 2. The standard InChI is InChI=1S/C17H24N2O3/c1-18-15(10-12-6-3-2-4-7-12)16(20)19-14-9-5-8-13(11-14)17(21)22/h2-4,6-7,13-15,18H,5,8-11H2,1H3,(H,19,20)(H,21,22). The first-order valence-electron chi connectivity index (χ1n) is 7.84. The van der Waals surface area contributed by atoms with E-state index >= 15 is 0 Å². The molecule has 120 valence electrons. The van der Waals surface area contributed by atoms with E-state index in [4.69, 9.17) is 5.11 Å². The zero-order valence-electron chi connectivity index (χ0n) is 12.9. The van der Waals surface area contributed by atoms with Gasteiger partial charge in [0.15, 0.2) is 0 Å². The largest absolute Gasteiger partial charge is 0.481 e. The quantitative estimate of drug-likeness (QED) is 0.745. The molecule has 0 aliphatic heterocycles. The van der Waals surface area contributed by atoms with Gasteiger partial charge in [0.05, 0.1) is 12.0 Å². The zero-order chi connectivity index (χ0) is 15.9. The summed E-state index contributed by atoms with van der Waals surface area (Å²) in [5.41, 5.74) is 1.10. The summed E-state index contributed by atoms with van der Waals surface area (Å²) in [5.74, 6) is -1.14. The fraction of sp³-hybridized carbons (Fsp3) is 0.529. The smallest absolute Gasteiger partial charge is 0.306 e. The molecule has 0 spiro atoms. The van der Waals surface area contributed by atoms with Gasteiger partial charge in [0.2, 0.25) is 5.91 Å². The molecule has 3 N–H and O–H groups in total. The van der Waals surface area contributed by atoms with Crippen molar-refractivity contribution in [2.75, 3.05) is 7.05 Å². The van der Waals surface area contributed by atoms with Crippen molar-refractivity contribution in [3.8, 4) is 0 Å². The monoisotopic (exact) mass is 304 g/mol. The topological polar surface area (TPSA) is 78.4 Å². The first-order chi connectivity index (χ1) is 10.6. The highest BCUT2D eigenvalue weighted by Gasteiger charge is 2.29. The molecule has 1 amide bonds. The maximum atomic E-state index is 12.4. The summed E-state index contributed by atoms with van der Waals surface area (Å²) in [7, 11) is 1.77. The molecular weight excluding hydrogens is 280 g/mol. The third kappa shape index (κ3) is 4.56. The second-order valence-corrected chi connectivity index (χ2v) is 5.94. The van der Waals surface area contributed by atoms with Crippen molar-refractivity contribution in [3.63, 3.8) is 0 Å². The van der Waals surface area contributed by atoms with Crippen molar-refractivity contribution in [3.05, 3.63) is 35.9 Å². The van der Waals surface area contributed by atoms with E-state index in [0.717, 1.165) is 18.4 Å². The first kappa shape index (κ1) is 16.5. The van der Waals surface area contributed by atoms with Crippen LogP contribution in [0.25, 0.3) is 0 Å². The highest BCUT2D eigenvalue weighted by atomic mass is 16.4. The molecule has 1 fully saturated rings. The van der Waals surface area contributed by atoms with Gasteiger partial charge in [-0.05, 0) is 38.3 Å². The molecule has 3 unspecified atom stereocenters. The Morgan fingerprint density at radius 2 is 2.00 bits per heavy atom. The number of likely N-dealkylation sites (N-methyl/N-ethyl adjacent to an activating group) is 1. The molecule has 1 aromatic carbocycles. The van der Waals surface area contributed by atoms with Crippen LogP contribution < -0.4 is 10.6 Å². The van der Waals surface area contributed by atoms with Gasteiger partial charge < -0.3 is 15.7 Å². The summed E-state index contributed by atoms with van der Waals surface area (Å²) >= 11 is 0. The Hall–Kier alpha value is -1.88. The van der Waals surface area contributed by atoms with Crippen LogP contribution in [0.4, 0.5) is 0 Å². The maximum absolute atomic E-state index is 12.4. The summed E-state index contributed by atoms with van der Waals surface area (Å²) in [6, 6.07) is 9.53. The lowest BCUT2D eigenvalue weighted by atomic mass is 9.85. The molecule has 0 aromatic heterocycles. The van der Waals surface area contributed by atoms with Gasteiger partial charge in [-0.25, -0.2) is 0 Å². The van der Waals surface area contributed by atoms with Crippen LogP contribution in [0.1, 0.15) is 31.2 Å². The van der Waals surface area contributed by atoms with Gasteiger partial charge >= 0.3 is 5.97 Å². The highest BCUT2D eigenvalue weighted by molar-refractivity contribution is 5.82. The Kier molecular flexibility index (Phi) is 5.95. The van der Waals surface area contributed by atoms with Crippen LogP contribution in [-0.2, 0) is 16.0 Å². The van der Waals surface area contributed by atoms with E-state index in [-0.39, 0.29) is 23.9 Å². The molecule has 3 atom stereocenters. The molecule has 0 bridgehead atoms.